The van der Waals surface area contributed by atoms with Crippen LogP contribution in [0.1, 0.15) is 24.0 Å². The average Bonchev–Trinajstić information content (AvgIpc) is 2.44. The molecular weight excluding hydrogens is 283 g/mol. The van der Waals surface area contributed by atoms with E-state index in [-0.39, 0.29) is 26.2 Å². The summed E-state index contributed by atoms with van der Waals surface area (Å²) < 4.78 is 46.4. The highest BCUT2D eigenvalue weighted by atomic mass is 19.4. The summed E-state index contributed by atoms with van der Waals surface area (Å²) in [6.07, 6.45) is -5.04. The second-order valence-electron chi connectivity index (χ2n) is 4.30. The number of ether oxygens (including phenoxy) is 2. The molecule has 2 N–H and O–H groups in total. The molecule has 1 rings (SSSR count). The van der Waals surface area contributed by atoms with Gasteiger partial charge in [0.05, 0.1) is 20.3 Å². The first-order valence-electron chi connectivity index (χ1n) is 6.46. The van der Waals surface area contributed by atoms with Crippen molar-refractivity contribution in [3.05, 3.63) is 29.3 Å². The number of benzene rings is 1. The standard InChI is InChI=1S/C15H18F3NO2/c1-20-14-6-5-12(4-2-8-19)13(10-14)11-21-9-3-7-15(16,17)18/h5-6,10H,3,7-9,11,19H2,1H3. The van der Waals surface area contributed by atoms with Crippen molar-refractivity contribution in [1.82, 2.24) is 0 Å². The maximum Gasteiger partial charge on any atom is 0.389 e. The summed E-state index contributed by atoms with van der Waals surface area (Å²) in [5.74, 6) is 6.28. The van der Waals surface area contributed by atoms with Crippen molar-refractivity contribution in [2.75, 3.05) is 20.3 Å². The van der Waals surface area contributed by atoms with Crippen LogP contribution in [-0.2, 0) is 11.3 Å². The van der Waals surface area contributed by atoms with Gasteiger partial charge in [0.1, 0.15) is 5.75 Å². The van der Waals surface area contributed by atoms with Crippen LogP contribution in [0.15, 0.2) is 18.2 Å². The number of hydrogen-bond donors (Lipinski definition) is 1. The molecule has 0 spiro atoms. The average molecular weight is 301 g/mol. The van der Waals surface area contributed by atoms with E-state index in [1.165, 1.54) is 7.11 Å². The van der Waals surface area contributed by atoms with Crippen molar-refractivity contribution >= 4 is 0 Å². The molecule has 3 nitrogen and oxygen atoms in total. The van der Waals surface area contributed by atoms with Crippen LogP contribution in [0.3, 0.4) is 0 Å². The Morgan fingerprint density at radius 2 is 2.05 bits per heavy atom. The van der Waals surface area contributed by atoms with Gasteiger partial charge in [-0.05, 0) is 30.2 Å². The van der Waals surface area contributed by atoms with Gasteiger partial charge in [0.15, 0.2) is 0 Å². The van der Waals surface area contributed by atoms with Crippen LogP contribution in [0.5, 0.6) is 5.75 Å². The Kier molecular flexibility index (Phi) is 7.06. The van der Waals surface area contributed by atoms with Crippen molar-refractivity contribution in [3.8, 4) is 17.6 Å². The molecule has 0 bridgehead atoms. The molecule has 6 heteroatoms. The van der Waals surface area contributed by atoms with Gasteiger partial charge in [-0.3, -0.25) is 0 Å². The molecule has 1 aromatic rings. The molecule has 0 atom stereocenters. The quantitative estimate of drug-likeness (QED) is 0.649. The van der Waals surface area contributed by atoms with E-state index in [9.17, 15) is 13.2 Å². The van der Waals surface area contributed by atoms with Crippen molar-refractivity contribution in [3.63, 3.8) is 0 Å². The molecule has 0 saturated heterocycles. The van der Waals surface area contributed by atoms with E-state index in [2.05, 4.69) is 11.8 Å². The maximum atomic E-state index is 12.0. The zero-order valence-electron chi connectivity index (χ0n) is 11.8. The van der Waals surface area contributed by atoms with Gasteiger partial charge < -0.3 is 15.2 Å². The van der Waals surface area contributed by atoms with Gasteiger partial charge in [0, 0.05) is 18.6 Å². The fraction of sp³-hybridized carbons (Fsp3) is 0.467. The molecule has 0 radical (unpaired) electrons. The molecule has 0 aliphatic rings. The number of alkyl halides is 3. The highest BCUT2D eigenvalue weighted by molar-refractivity contribution is 5.45. The monoisotopic (exact) mass is 301 g/mol. The van der Waals surface area contributed by atoms with E-state index < -0.39 is 12.6 Å². The molecule has 0 aliphatic carbocycles. The van der Waals surface area contributed by atoms with Crippen molar-refractivity contribution in [2.45, 2.75) is 25.6 Å². The highest BCUT2D eigenvalue weighted by Gasteiger charge is 2.25. The lowest BCUT2D eigenvalue weighted by molar-refractivity contribution is -0.138. The van der Waals surface area contributed by atoms with Crippen LogP contribution < -0.4 is 10.5 Å². The molecule has 0 aromatic heterocycles. The number of nitrogens with two attached hydrogens (primary N) is 1. The predicted molar refractivity (Wildman–Crippen MR) is 73.9 cm³/mol. The Morgan fingerprint density at radius 3 is 2.67 bits per heavy atom. The Morgan fingerprint density at radius 1 is 1.29 bits per heavy atom. The summed E-state index contributed by atoms with van der Waals surface area (Å²) in [6.45, 7) is 0.460. The Labute approximate surface area is 122 Å². The summed E-state index contributed by atoms with van der Waals surface area (Å²) in [5.41, 5.74) is 6.83. The predicted octanol–water partition coefficient (Wildman–Crippen LogP) is 2.86. The first kappa shape index (κ1) is 17.3. The van der Waals surface area contributed by atoms with Crippen LogP contribution in [0.25, 0.3) is 0 Å². The molecule has 0 fully saturated rings. The summed E-state index contributed by atoms with van der Waals surface area (Å²) in [7, 11) is 1.54. The van der Waals surface area contributed by atoms with Crippen LogP contribution in [0, 0.1) is 11.8 Å². The van der Waals surface area contributed by atoms with E-state index >= 15 is 0 Å². The topological polar surface area (TPSA) is 44.5 Å². The zero-order chi connectivity index (χ0) is 15.7. The largest absolute Gasteiger partial charge is 0.497 e. The minimum atomic E-state index is -4.14. The minimum absolute atomic E-state index is 0.0421. The van der Waals surface area contributed by atoms with Gasteiger partial charge in [-0.2, -0.15) is 13.2 Å². The molecule has 0 unspecified atom stereocenters. The molecule has 0 heterocycles. The molecule has 21 heavy (non-hydrogen) atoms. The Bertz CT molecular complexity index is 504. The normalized spacial score (nSPS) is 10.9. The van der Waals surface area contributed by atoms with Crippen LogP contribution in [0.4, 0.5) is 13.2 Å². The SMILES string of the molecule is COc1ccc(C#CCN)c(COCCCC(F)(F)F)c1. The lowest BCUT2D eigenvalue weighted by atomic mass is 10.1. The van der Waals surface area contributed by atoms with Crippen LogP contribution in [-0.4, -0.2) is 26.4 Å². The fourth-order valence-electron chi connectivity index (χ4n) is 1.64. The van der Waals surface area contributed by atoms with Gasteiger partial charge in [0.25, 0.3) is 0 Å². The van der Waals surface area contributed by atoms with Gasteiger partial charge in [-0.1, -0.05) is 11.8 Å². The fourth-order valence-corrected chi connectivity index (χ4v) is 1.64. The molecular formula is C15H18F3NO2. The lowest BCUT2D eigenvalue weighted by Gasteiger charge is -2.09. The van der Waals surface area contributed by atoms with Gasteiger partial charge >= 0.3 is 6.18 Å². The molecule has 0 saturated carbocycles. The number of hydrogen-bond acceptors (Lipinski definition) is 3. The maximum absolute atomic E-state index is 12.0. The summed E-state index contributed by atoms with van der Waals surface area (Å²) in [4.78, 5) is 0. The first-order chi connectivity index (χ1) is 9.96. The smallest absolute Gasteiger partial charge is 0.389 e. The van der Waals surface area contributed by atoms with Crippen LogP contribution >= 0.6 is 0 Å². The summed E-state index contributed by atoms with van der Waals surface area (Å²) in [5, 5.41) is 0. The number of rotatable bonds is 6. The van der Waals surface area contributed by atoms with Gasteiger partial charge in [-0.15, -0.1) is 0 Å². The van der Waals surface area contributed by atoms with E-state index in [1.807, 2.05) is 0 Å². The Hall–Kier alpha value is -1.71. The molecule has 1 aromatic carbocycles. The summed E-state index contributed by atoms with van der Waals surface area (Å²) in [6, 6.07) is 5.29. The van der Waals surface area contributed by atoms with Crippen molar-refractivity contribution in [1.29, 1.82) is 0 Å². The van der Waals surface area contributed by atoms with E-state index in [4.69, 9.17) is 15.2 Å². The van der Waals surface area contributed by atoms with Gasteiger partial charge in [-0.25, -0.2) is 0 Å². The zero-order valence-corrected chi connectivity index (χ0v) is 11.8. The minimum Gasteiger partial charge on any atom is -0.497 e. The third-order valence-electron chi connectivity index (χ3n) is 2.64. The Balaban J connectivity index is 2.59. The van der Waals surface area contributed by atoms with E-state index in [0.29, 0.717) is 5.75 Å². The second-order valence-corrected chi connectivity index (χ2v) is 4.30. The molecule has 0 amide bonds. The number of methoxy groups -OCH3 is 1. The second kappa shape index (κ2) is 8.55. The molecule has 0 aliphatic heterocycles. The lowest BCUT2D eigenvalue weighted by Crippen LogP contribution is -2.09. The third-order valence-corrected chi connectivity index (χ3v) is 2.64. The van der Waals surface area contributed by atoms with Crippen LogP contribution in [0.2, 0.25) is 0 Å². The third kappa shape index (κ3) is 7.02. The molecule has 116 valence electrons. The highest BCUT2D eigenvalue weighted by Crippen LogP contribution is 2.22. The number of halogens is 3. The van der Waals surface area contributed by atoms with Gasteiger partial charge in [0.2, 0.25) is 0 Å². The summed E-state index contributed by atoms with van der Waals surface area (Å²) >= 11 is 0. The van der Waals surface area contributed by atoms with Crippen molar-refractivity contribution in [2.24, 2.45) is 5.73 Å². The van der Waals surface area contributed by atoms with Crippen molar-refractivity contribution < 1.29 is 22.6 Å². The first-order valence-corrected chi connectivity index (χ1v) is 6.46. The van der Waals surface area contributed by atoms with E-state index in [1.54, 1.807) is 18.2 Å². The van der Waals surface area contributed by atoms with E-state index in [0.717, 1.165) is 11.1 Å².